The molecule has 0 aromatic carbocycles. The fraction of sp³-hybridized carbons (Fsp3) is 0.938. The average molecular weight is 282 g/mol. The summed E-state index contributed by atoms with van der Waals surface area (Å²) in [6.45, 7) is 8.79. The second-order valence-electron chi connectivity index (χ2n) is 6.58. The molecule has 2 fully saturated rings. The third kappa shape index (κ3) is 3.95. The summed E-state index contributed by atoms with van der Waals surface area (Å²) in [5.41, 5.74) is -0.434. The van der Waals surface area contributed by atoms with E-state index in [1.54, 1.807) is 0 Å². The molecule has 0 spiro atoms. The zero-order valence-corrected chi connectivity index (χ0v) is 12.9. The average Bonchev–Trinajstić information content (AvgIpc) is 2.48. The van der Waals surface area contributed by atoms with Crippen molar-refractivity contribution in [2.24, 2.45) is 5.41 Å². The van der Waals surface area contributed by atoms with Gasteiger partial charge in [-0.25, -0.2) is 0 Å². The van der Waals surface area contributed by atoms with Gasteiger partial charge in [-0.2, -0.15) is 0 Å². The molecule has 0 atom stereocenters. The van der Waals surface area contributed by atoms with E-state index in [-0.39, 0.29) is 0 Å². The van der Waals surface area contributed by atoms with Crippen LogP contribution < -0.4 is 0 Å². The van der Waals surface area contributed by atoms with Crippen LogP contribution >= 0.6 is 0 Å². The minimum Gasteiger partial charge on any atom is -0.481 e. The number of nitrogens with zero attached hydrogens (tertiary/aromatic N) is 2. The standard InChI is InChI=1S/C16H30N2O2/c1-2-6-16(15(19)20)7-11-18(12-8-16)14-13-17-9-4-3-5-10-17/h2-14H2,1H3,(H,19,20). The number of carbonyl (C=O) groups is 1. The van der Waals surface area contributed by atoms with Crippen LogP contribution in [0.5, 0.6) is 0 Å². The maximum Gasteiger partial charge on any atom is 0.309 e. The minimum atomic E-state index is -0.574. The van der Waals surface area contributed by atoms with Gasteiger partial charge >= 0.3 is 5.97 Å². The highest BCUT2D eigenvalue weighted by Gasteiger charge is 2.40. The van der Waals surface area contributed by atoms with Crippen LogP contribution in [-0.2, 0) is 4.79 Å². The molecule has 0 bridgehead atoms. The second kappa shape index (κ2) is 7.41. The predicted molar refractivity (Wildman–Crippen MR) is 80.9 cm³/mol. The number of hydrogen-bond donors (Lipinski definition) is 1. The smallest absolute Gasteiger partial charge is 0.309 e. The lowest BCUT2D eigenvalue weighted by molar-refractivity contribution is -0.152. The van der Waals surface area contributed by atoms with Crippen LogP contribution in [0.15, 0.2) is 0 Å². The van der Waals surface area contributed by atoms with Crippen molar-refractivity contribution in [1.29, 1.82) is 0 Å². The molecule has 1 N–H and O–H groups in total. The largest absolute Gasteiger partial charge is 0.481 e. The lowest BCUT2D eigenvalue weighted by atomic mass is 9.75. The molecule has 20 heavy (non-hydrogen) atoms. The SMILES string of the molecule is CCCC1(C(=O)O)CCN(CCN2CCCCC2)CC1. The Kier molecular flexibility index (Phi) is 5.85. The Bertz CT molecular complexity index is 306. The van der Waals surface area contributed by atoms with Crippen LogP contribution in [0, 0.1) is 5.41 Å². The highest BCUT2D eigenvalue weighted by atomic mass is 16.4. The maximum absolute atomic E-state index is 11.6. The number of carboxylic acid groups (broad SMARTS) is 1. The Morgan fingerprint density at radius 1 is 1.00 bits per heavy atom. The summed E-state index contributed by atoms with van der Waals surface area (Å²) in [4.78, 5) is 16.6. The molecule has 2 aliphatic rings. The topological polar surface area (TPSA) is 43.8 Å². The van der Waals surface area contributed by atoms with Crippen molar-refractivity contribution in [2.45, 2.75) is 51.9 Å². The molecule has 2 heterocycles. The second-order valence-corrected chi connectivity index (χ2v) is 6.58. The summed E-state index contributed by atoms with van der Waals surface area (Å²) in [5.74, 6) is -0.574. The molecule has 4 nitrogen and oxygen atoms in total. The maximum atomic E-state index is 11.6. The molecule has 2 aliphatic heterocycles. The van der Waals surface area contributed by atoms with Gasteiger partial charge in [-0.15, -0.1) is 0 Å². The molecular weight excluding hydrogens is 252 g/mol. The van der Waals surface area contributed by atoms with E-state index in [1.165, 1.54) is 32.4 Å². The number of carboxylic acids is 1. The van der Waals surface area contributed by atoms with Gasteiger partial charge in [-0.3, -0.25) is 4.79 Å². The summed E-state index contributed by atoms with van der Waals surface area (Å²) in [6.07, 6.45) is 7.55. The van der Waals surface area contributed by atoms with E-state index in [0.717, 1.165) is 51.9 Å². The zero-order chi connectivity index (χ0) is 14.4. The number of hydrogen-bond acceptors (Lipinski definition) is 3. The fourth-order valence-electron chi connectivity index (χ4n) is 3.72. The minimum absolute atomic E-state index is 0.434. The van der Waals surface area contributed by atoms with Gasteiger partial charge in [0.15, 0.2) is 0 Å². The van der Waals surface area contributed by atoms with E-state index < -0.39 is 11.4 Å². The monoisotopic (exact) mass is 282 g/mol. The summed E-state index contributed by atoms with van der Waals surface area (Å²) < 4.78 is 0. The van der Waals surface area contributed by atoms with E-state index >= 15 is 0 Å². The van der Waals surface area contributed by atoms with E-state index in [9.17, 15) is 9.90 Å². The molecule has 0 aliphatic carbocycles. The molecule has 2 rings (SSSR count). The fourth-order valence-corrected chi connectivity index (χ4v) is 3.72. The van der Waals surface area contributed by atoms with Crippen LogP contribution in [0.1, 0.15) is 51.9 Å². The summed E-state index contributed by atoms with van der Waals surface area (Å²) >= 11 is 0. The van der Waals surface area contributed by atoms with Gasteiger partial charge < -0.3 is 14.9 Å². The van der Waals surface area contributed by atoms with E-state index in [4.69, 9.17) is 0 Å². The normalized spacial score (nSPS) is 24.6. The molecule has 116 valence electrons. The number of piperidine rings is 2. The first-order valence-electron chi connectivity index (χ1n) is 8.34. The molecule has 0 saturated carbocycles. The summed E-state index contributed by atoms with van der Waals surface area (Å²) in [5, 5.41) is 9.51. The molecule has 2 saturated heterocycles. The van der Waals surface area contributed by atoms with Crippen molar-refractivity contribution in [1.82, 2.24) is 9.80 Å². The van der Waals surface area contributed by atoms with E-state index in [0.29, 0.717) is 0 Å². The van der Waals surface area contributed by atoms with Crippen molar-refractivity contribution in [3.05, 3.63) is 0 Å². The highest BCUT2D eigenvalue weighted by molar-refractivity contribution is 5.74. The highest BCUT2D eigenvalue weighted by Crippen LogP contribution is 2.36. The van der Waals surface area contributed by atoms with Crippen molar-refractivity contribution in [3.63, 3.8) is 0 Å². The first-order chi connectivity index (χ1) is 9.66. The van der Waals surface area contributed by atoms with Gasteiger partial charge in [0.25, 0.3) is 0 Å². The van der Waals surface area contributed by atoms with Crippen molar-refractivity contribution in [3.8, 4) is 0 Å². The summed E-state index contributed by atoms with van der Waals surface area (Å²) in [6, 6.07) is 0. The van der Waals surface area contributed by atoms with E-state index in [2.05, 4.69) is 16.7 Å². The quantitative estimate of drug-likeness (QED) is 0.812. The molecule has 0 radical (unpaired) electrons. The van der Waals surface area contributed by atoms with E-state index in [1.807, 2.05) is 0 Å². The molecule has 0 aromatic heterocycles. The predicted octanol–water partition coefficient (Wildman–Crippen LogP) is 2.44. The molecule has 4 heteroatoms. The third-order valence-corrected chi connectivity index (χ3v) is 5.18. The van der Waals surface area contributed by atoms with Gasteiger partial charge in [0.2, 0.25) is 0 Å². The first-order valence-corrected chi connectivity index (χ1v) is 8.34. The van der Waals surface area contributed by atoms with Crippen LogP contribution in [0.4, 0.5) is 0 Å². The lowest BCUT2D eigenvalue weighted by Crippen LogP contribution is -2.46. The molecule has 0 amide bonds. The molecule has 0 aromatic rings. The van der Waals surface area contributed by atoms with Crippen LogP contribution in [-0.4, -0.2) is 60.1 Å². The van der Waals surface area contributed by atoms with Gasteiger partial charge in [-0.1, -0.05) is 19.8 Å². The Morgan fingerprint density at radius 3 is 2.05 bits per heavy atom. The Labute approximate surface area is 123 Å². The van der Waals surface area contributed by atoms with Crippen molar-refractivity contribution < 1.29 is 9.90 Å². The third-order valence-electron chi connectivity index (χ3n) is 5.18. The summed E-state index contributed by atoms with van der Waals surface area (Å²) in [7, 11) is 0. The van der Waals surface area contributed by atoms with Crippen molar-refractivity contribution in [2.75, 3.05) is 39.3 Å². The van der Waals surface area contributed by atoms with Crippen LogP contribution in [0.25, 0.3) is 0 Å². The van der Waals surface area contributed by atoms with Crippen LogP contribution in [0.3, 0.4) is 0 Å². The number of likely N-dealkylation sites (tertiary alicyclic amines) is 2. The van der Waals surface area contributed by atoms with Gasteiger partial charge in [0.05, 0.1) is 5.41 Å². The van der Waals surface area contributed by atoms with Crippen LogP contribution in [0.2, 0.25) is 0 Å². The Balaban J connectivity index is 1.74. The number of rotatable bonds is 6. The van der Waals surface area contributed by atoms with Crippen molar-refractivity contribution >= 4 is 5.97 Å². The van der Waals surface area contributed by atoms with Gasteiger partial charge in [0.1, 0.15) is 0 Å². The lowest BCUT2D eigenvalue weighted by Gasteiger charge is -2.39. The van der Waals surface area contributed by atoms with Gasteiger partial charge in [-0.05, 0) is 58.3 Å². The molecule has 0 unspecified atom stereocenters. The van der Waals surface area contributed by atoms with Gasteiger partial charge in [0, 0.05) is 13.1 Å². The Hall–Kier alpha value is -0.610. The Morgan fingerprint density at radius 2 is 1.55 bits per heavy atom. The molecular formula is C16H30N2O2. The number of aliphatic carboxylic acids is 1. The first kappa shape index (κ1) is 15.8. The zero-order valence-electron chi connectivity index (χ0n) is 12.9.